The molecular weight excluding hydrogens is 194 g/mol. The van der Waals surface area contributed by atoms with Gasteiger partial charge in [0.1, 0.15) is 12.0 Å². The lowest BCUT2D eigenvalue weighted by atomic mass is 10.4. The number of nitrogens with one attached hydrogen (secondary N) is 1. The predicted octanol–water partition coefficient (Wildman–Crippen LogP) is 0.636. The van der Waals surface area contributed by atoms with Gasteiger partial charge in [-0.25, -0.2) is 9.97 Å². The van der Waals surface area contributed by atoms with Gasteiger partial charge in [0.05, 0.1) is 6.54 Å². The zero-order valence-electron chi connectivity index (χ0n) is 8.34. The zero-order valence-corrected chi connectivity index (χ0v) is 8.34. The standard InChI is InChI=1S/C9H11N5O/c1-2-10-5-8-13-9(14-15-8)7-3-4-11-6-12-7/h3-4,6,10H,2,5H2,1H3. The molecule has 6 heteroatoms. The molecule has 2 rings (SSSR count). The number of hydrogen-bond donors (Lipinski definition) is 1. The van der Waals surface area contributed by atoms with Crippen LogP contribution in [0.1, 0.15) is 12.8 Å². The van der Waals surface area contributed by atoms with E-state index in [2.05, 4.69) is 25.4 Å². The Balaban J connectivity index is 2.14. The second kappa shape index (κ2) is 4.61. The summed E-state index contributed by atoms with van der Waals surface area (Å²) in [6, 6.07) is 1.74. The minimum absolute atomic E-state index is 0.491. The summed E-state index contributed by atoms with van der Waals surface area (Å²) in [6.07, 6.45) is 3.10. The van der Waals surface area contributed by atoms with E-state index in [0.717, 1.165) is 6.54 Å². The molecule has 1 N–H and O–H groups in total. The van der Waals surface area contributed by atoms with Crippen LogP contribution in [0.2, 0.25) is 0 Å². The molecule has 0 aliphatic heterocycles. The maximum absolute atomic E-state index is 5.04. The molecule has 2 heterocycles. The van der Waals surface area contributed by atoms with Crippen LogP contribution in [0.4, 0.5) is 0 Å². The molecule has 0 aliphatic rings. The molecule has 6 nitrogen and oxygen atoms in total. The van der Waals surface area contributed by atoms with Crippen molar-refractivity contribution in [2.75, 3.05) is 6.54 Å². The van der Waals surface area contributed by atoms with Crippen LogP contribution in [0.5, 0.6) is 0 Å². The van der Waals surface area contributed by atoms with E-state index in [-0.39, 0.29) is 0 Å². The van der Waals surface area contributed by atoms with Gasteiger partial charge in [-0.3, -0.25) is 0 Å². The first-order valence-corrected chi connectivity index (χ1v) is 4.70. The highest BCUT2D eigenvalue weighted by molar-refractivity contribution is 5.46. The Morgan fingerprint density at radius 1 is 1.47 bits per heavy atom. The summed E-state index contributed by atoms with van der Waals surface area (Å²) in [4.78, 5) is 12.0. The summed E-state index contributed by atoms with van der Waals surface area (Å²) in [5, 5.41) is 6.92. The van der Waals surface area contributed by atoms with Crippen molar-refractivity contribution in [2.24, 2.45) is 0 Å². The average molecular weight is 205 g/mol. The Hall–Kier alpha value is -1.82. The molecule has 0 radical (unpaired) electrons. The smallest absolute Gasteiger partial charge is 0.240 e. The summed E-state index contributed by atoms with van der Waals surface area (Å²) in [6.45, 7) is 3.46. The molecule has 0 unspecified atom stereocenters. The van der Waals surface area contributed by atoms with E-state index in [9.17, 15) is 0 Å². The lowest BCUT2D eigenvalue weighted by Gasteiger charge is -1.92. The molecule has 0 spiro atoms. The Morgan fingerprint density at radius 3 is 3.13 bits per heavy atom. The fourth-order valence-corrected chi connectivity index (χ4v) is 1.09. The maximum atomic E-state index is 5.04. The average Bonchev–Trinajstić information content (AvgIpc) is 2.76. The Labute approximate surface area is 86.8 Å². The first-order valence-electron chi connectivity index (χ1n) is 4.70. The highest BCUT2D eigenvalue weighted by Crippen LogP contribution is 2.10. The van der Waals surface area contributed by atoms with Crippen molar-refractivity contribution < 1.29 is 4.52 Å². The van der Waals surface area contributed by atoms with E-state index in [1.54, 1.807) is 12.3 Å². The van der Waals surface area contributed by atoms with Crippen molar-refractivity contribution in [3.05, 3.63) is 24.5 Å². The molecule has 0 aliphatic carbocycles. The fraction of sp³-hybridized carbons (Fsp3) is 0.333. The Kier molecular flexibility index (Phi) is 2.99. The third-order valence-electron chi connectivity index (χ3n) is 1.81. The highest BCUT2D eigenvalue weighted by Gasteiger charge is 2.08. The number of rotatable bonds is 4. The van der Waals surface area contributed by atoms with Crippen LogP contribution in [0, 0.1) is 0 Å². The van der Waals surface area contributed by atoms with Gasteiger partial charge >= 0.3 is 0 Å². The lowest BCUT2D eigenvalue weighted by molar-refractivity contribution is 0.369. The molecule has 0 bridgehead atoms. The molecule has 15 heavy (non-hydrogen) atoms. The van der Waals surface area contributed by atoms with Crippen LogP contribution in [-0.4, -0.2) is 26.7 Å². The van der Waals surface area contributed by atoms with Gasteiger partial charge in [-0.05, 0) is 12.6 Å². The molecule has 0 atom stereocenters. The van der Waals surface area contributed by atoms with E-state index in [4.69, 9.17) is 4.52 Å². The fourth-order valence-electron chi connectivity index (χ4n) is 1.09. The van der Waals surface area contributed by atoms with Crippen molar-refractivity contribution >= 4 is 0 Å². The maximum Gasteiger partial charge on any atom is 0.240 e. The largest absolute Gasteiger partial charge is 0.337 e. The van der Waals surface area contributed by atoms with Crippen molar-refractivity contribution in [2.45, 2.75) is 13.5 Å². The molecule has 2 aromatic heterocycles. The molecule has 0 amide bonds. The predicted molar refractivity (Wildman–Crippen MR) is 52.7 cm³/mol. The minimum Gasteiger partial charge on any atom is -0.337 e. The third kappa shape index (κ3) is 2.35. The second-order valence-corrected chi connectivity index (χ2v) is 2.89. The van der Waals surface area contributed by atoms with E-state index >= 15 is 0 Å². The monoisotopic (exact) mass is 205 g/mol. The normalized spacial score (nSPS) is 10.5. The number of nitrogens with zero attached hydrogens (tertiary/aromatic N) is 4. The Bertz CT molecular complexity index is 413. The summed E-state index contributed by atoms with van der Waals surface area (Å²) in [5.41, 5.74) is 0.663. The summed E-state index contributed by atoms with van der Waals surface area (Å²) in [5.74, 6) is 1.05. The SMILES string of the molecule is CCNCc1nc(-c2ccncn2)no1. The van der Waals surface area contributed by atoms with Crippen LogP contribution >= 0.6 is 0 Å². The highest BCUT2D eigenvalue weighted by atomic mass is 16.5. The van der Waals surface area contributed by atoms with Crippen LogP contribution in [-0.2, 0) is 6.54 Å². The lowest BCUT2D eigenvalue weighted by Crippen LogP contribution is -2.11. The second-order valence-electron chi connectivity index (χ2n) is 2.89. The molecule has 0 aromatic carbocycles. The van der Waals surface area contributed by atoms with Crippen molar-refractivity contribution in [3.8, 4) is 11.5 Å². The van der Waals surface area contributed by atoms with E-state index in [1.165, 1.54) is 6.33 Å². The number of hydrogen-bond acceptors (Lipinski definition) is 6. The van der Waals surface area contributed by atoms with E-state index < -0.39 is 0 Å². The first kappa shape index (κ1) is 9.72. The van der Waals surface area contributed by atoms with Crippen LogP contribution < -0.4 is 5.32 Å². The summed E-state index contributed by atoms with van der Waals surface area (Å²) < 4.78 is 5.04. The topological polar surface area (TPSA) is 76.7 Å². The zero-order chi connectivity index (χ0) is 10.5. The van der Waals surface area contributed by atoms with Crippen molar-refractivity contribution in [1.82, 2.24) is 25.4 Å². The van der Waals surface area contributed by atoms with Gasteiger partial charge in [0, 0.05) is 6.20 Å². The molecular formula is C9H11N5O. The first-order chi connectivity index (χ1) is 7.40. The van der Waals surface area contributed by atoms with Gasteiger partial charge < -0.3 is 9.84 Å². The molecule has 2 aromatic rings. The van der Waals surface area contributed by atoms with Gasteiger partial charge in [0.2, 0.25) is 11.7 Å². The summed E-state index contributed by atoms with van der Waals surface area (Å²) >= 11 is 0. The van der Waals surface area contributed by atoms with E-state index in [0.29, 0.717) is 24.0 Å². The quantitative estimate of drug-likeness (QED) is 0.789. The van der Waals surface area contributed by atoms with Gasteiger partial charge in [0.25, 0.3) is 0 Å². The minimum atomic E-state index is 0.491. The van der Waals surface area contributed by atoms with Gasteiger partial charge in [-0.15, -0.1) is 0 Å². The molecule has 78 valence electrons. The van der Waals surface area contributed by atoms with Gasteiger partial charge in [-0.2, -0.15) is 4.98 Å². The number of aromatic nitrogens is 4. The van der Waals surface area contributed by atoms with Crippen LogP contribution in [0.3, 0.4) is 0 Å². The molecule has 0 fully saturated rings. The van der Waals surface area contributed by atoms with Crippen LogP contribution in [0.15, 0.2) is 23.1 Å². The molecule has 0 saturated carbocycles. The van der Waals surface area contributed by atoms with Gasteiger partial charge in [0.15, 0.2) is 0 Å². The third-order valence-corrected chi connectivity index (χ3v) is 1.81. The van der Waals surface area contributed by atoms with Crippen molar-refractivity contribution in [1.29, 1.82) is 0 Å². The summed E-state index contributed by atoms with van der Waals surface area (Å²) in [7, 11) is 0. The van der Waals surface area contributed by atoms with Gasteiger partial charge in [-0.1, -0.05) is 12.1 Å². The Morgan fingerprint density at radius 2 is 2.40 bits per heavy atom. The molecule has 0 saturated heterocycles. The van der Waals surface area contributed by atoms with Crippen LogP contribution in [0.25, 0.3) is 11.5 Å². The van der Waals surface area contributed by atoms with E-state index in [1.807, 2.05) is 6.92 Å². The van der Waals surface area contributed by atoms with Crippen molar-refractivity contribution in [3.63, 3.8) is 0 Å².